The number of anilines is 1. The number of thiazole rings is 1. The summed E-state index contributed by atoms with van der Waals surface area (Å²) in [4.78, 5) is 31.8. The van der Waals surface area contributed by atoms with Gasteiger partial charge in [0.15, 0.2) is 11.6 Å². The van der Waals surface area contributed by atoms with E-state index in [1.807, 2.05) is 6.07 Å². The van der Waals surface area contributed by atoms with Crippen LogP contribution in [-0.4, -0.2) is 21.9 Å². The maximum atomic E-state index is 12.8. The van der Waals surface area contributed by atoms with Gasteiger partial charge < -0.3 is 14.8 Å². The van der Waals surface area contributed by atoms with E-state index in [4.69, 9.17) is 21.1 Å². The predicted molar refractivity (Wildman–Crippen MR) is 132 cm³/mol. The van der Waals surface area contributed by atoms with Crippen molar-refractivity contribution in [3.8, 4) is 11.5 Å². The second-order valence-electron chi connectivity index (χ2n) is 7.93. The topological polar surface area (TPSA) is 81.9 Å². The number of para-hydroxylation sites is 3. The first-order valence-electron chi connectivity index (χ1n) is 11.0. The molecule has 1 amide bonds. The van der Waals surface area contributed by atoms with Crippen LogP contribution >= 0.6 is 22.9 Å². The minimum absolute atomic E-state index is 0.0821. The third kappa shape index (κ3) is 4.78. The minimum Gasteiger partial charge on any atom is -0.485 e. The van der Waals surface area contributed by atoms with Gasteiger partial charge in [0.25, 0.3) is 11.5 Å². The molecule has 1 aliphatic rings. The molecular formula is C25H22ClN3O4S. The Labute approximate surface area is 204 Å². The molecule has 0 saturated heterocycles. The number of carbonyl (C=O) groups excluding carboxylic acids is 1. The highest BCUT2D eigenvalue weighted by atomic mass is 35.5. The first kappa shape index (κ1) is 22.4. The van der Waals surface area contributed by atoms with Gasteiger partial charge in [-0.1, -0.05) is 35.9 Å². The SMILES string of the molecule is O=C(COc1ccccc1Cl)Nc1ccccc1OCc1cc(=O)n2c3c(sc2n1)CCCC3. The molecule has 1 N–H and O–H groups in total. The largest absolute Gasteiger partial charge is 0.485 e. The van der Waals surface area contributed by atoms with Crippen molar-refractivity contribution >= 4 is 39.5 Å². The van der Waals surface area contributed by atoms with Crippen molar-refractivity contribution < 1.29 is 14.3 Å². The lowest BCUT2D eigenvalue weighted by atomic mass is 10.0. The van der Waals surface area contributed by atoms with Crippen molar-refractivity contribution in [2.24, 2.45) is 0 Å². The summed E-state index contributed by atoms with van der Waals surface area (Å²) in [6.07, 6.45) is 4.17. The molecule has 0 radical (unpaired) electrons. The molecule has 34 heavy (non-hydrogen) atoms. The third-order valence-electron chi connectivity index (χ3n) is 5.55. The zero-order valence-electron chi connectivity index (χ0n) is 18.3. The number of ether oxygens (including phenoxy) is 2. The van der Waals surface area contributed by atoms with Gasteiger partial charge in [0.05, 0.1) is 16.4 Å². The fourth-order valence-electron chi connectivity index (χ4n) is 3.95. The van der Waals surface area contributed by atoms with E-state index < -0.39 is 0 Å². The maximum absolute atomic E-state index is 12.8. The Morgan fingerprint density at radius 3 is 2.68 bits per heavy atom. The number of aromatic nitrogens is 2. The molecule has 0 bridgehead atoms. The lowest BCUT2D eigenvalue weighted by Crippen LogP contribution is -2.21. The van der Waals surface area contributed by atoms with Gasteiger partial charge in [0.2, 0.25) is 0 Å². The van der Waals surface area contributed by atoms with Crippen molar-refractivity contribution in [1.82, 2.24) is 9.38 Å². The van der Waals surface area contributed by atoms with E-state index in [0.29, 0.717) is 32.9 Å². The monoisotopic (exact) mass is 495 g/mol. The summed E-state index contributed by atoms with van der Waals surface area (Å²) in [6.45, 7) is -0.0899. The van der Waals surface area contributed by atoms with Gasteiger partial charge in [-0.2, -0.15) is 0 Å². The second kappa shape index (κ2) is 9.87. The van der Waals surface area contributed by atoms with E-state index >= 15 is 0 Å². The molecule has 2 aromatic carbocycles. The Morgan fingerprint density at radius 2 is 1.82 bits per heavy atom. The quantitative estimate of drug-likeness (QED) is 0.395. The number of benzene rings is 2. The lowest BCUT2D eigenvalue weighted by Gasteiger charge is -2.13. The van der Waals surface area contributed by atoms with Gasteiger partial charge in [-0.05, 0) is 49.9 Å². The smallest absolute Gasteiger partial charge is 0.262 e. The predicted octanol–water partition coefficient (Wildman–Crippen LogP) is 4.88. The molecule has 4 aromatic rings. The Morgan fingerprint density at radius 1 is 1.06 bits per heavy atom. The van der Waals surface area contributed by atoms with Crippen LogP contribution in [0, 0.1) is 0 Å². The highest BCUT2D eigenvalue weighted by Crippen LogP contribution is 2.29. The summed E-state index contributed by atoms with van der Waals surface area (Å²) >= 11 is 7.65. The van der Waals surface area contributed by atoms with Crippen LogP contribution < -0.4 is 20.3 Å². The van der Waals surface area contributed by atoms with Crippen LogP contribution in [0.1, 0.15) is 29.1 Å². The molecular weight excluding hydrogens is 474 g/mol. The number of hydrogen-bond acceptors (Lipinski definition) is 6. The molecule has 0 saturated carbocycles. The molecule has 0 unspecified atom stereocenters. The van der Waals surface area contributed by atoms with Crippen molar-refractivity contribution in [1.29, 1.82) is 0 Å². The van der Waals surface area contributed by atoms with Crippen LogP contribution in [0.5, 0.6) is 11.5 Å². The first-order chi connectivity index (χ1) is 16.6. The van der Waals surface area contributed by atoms with Crippen LogP contribution in [0.2, 0.25) is 5.02 Å². The van der Waals surface area contributed by atoms with Crippen LogP contribution in [0.3, 0.4) is 0 Å². The molecule has 2 aromatic heterocycles. The van der Waals surface area contributed by atoms with E-state index in [1.54, 1.807) is 58.2 Å². The second-order valence-corrected chi connectivity index (χ2v) is 9.40. The Bertz CT molecular complexity index is 1420. The average Bonchev–Trinajstić information content (AvgIpc) is 3.22. The minimum atomic E-state index is -0.349. The molecule has 5 rings (SSSR count). The van der Waals surface area contributed by atoms with Gasteiger partial charge in [-0.15, -0.1) is 11.3 Å². The van der Waals surface area contributed by atoms with Gasteiger partial charge in [0, 0.05) is 16.6 Å². The molecule has 0 aliphatic heterocycles. The number of amides is 1. The number of halogens is 1. The van der Waals surface area contributed by atoms with E-state index in [0.717, 1.165) is 31.4 Å². The van der Waals surface area contributed by atoms with E-state index in [-0.39, 0.29) is 24.7 Å². The maximum Gasteiger partial charge on any atom is 0.262 e. The molecule has 174 valence electrons. The van der Waals surface area contributed by atoms with Gasteiger partial charge in [0.1, 0.15) is 18.1 Å². The number of rotatable bonds is 7. The van der Waals surface area contributed by atoms with E-state index in [1.165, 1.54) is 10.9 Å². The number of aryl methyl sites for hydroxylation is 2. The Balaban J connectivity index is 1.27. The number of nitrogens with one attached hydrogen (secondary N) is 1. The fraction of sp³-hybridized carbons (Fsp3) is 0.240. The van der Waals surface area contributed by atoms with E-state index in [9.17, 15) is 9.59 Å². The summed E-state index contributed by atoms with van der Waals surface area (Å²) in [7, 11) is 0. The summed E-state index contributed by atoms with van der Waals surface area (Å²) in [5.74, 6) is 0.561. The van der Waals surface area contributed by atoms with Gasteiger partial charge >= 0.3 is 0 Å². The Kier molecular flexibility index (Phi) is 6.51. The van der Waals surface area contributed by atoms with Gasteiger partial charge in [-0.25, -0.2) is 4.98 Å². The number of fused-ring (bicyclic) bond motifs is 3. The van der Waals surface area contributed by atoms with Crippen LogP contribution in [0.25, 0.3) is 4.96 Å². The summed E-state index contributed by atoms with van der Waals surface area (Å²) in [5, 5.41) is 3.23. The number of nitrogens with zero attached hydrogens (tertiary/aromatic N) is 2. The van der Waals surface area contributed by atoms with Gasteiger partial charge in [-0.3, -0.25) is 14.0 Å². The summed E-state index contributed by atoms with van der Waals surface area (Å²) < 4.78 is 13.2. The molecule has 2 heterocycles. The van der Waals surface area contributed by atoms with Crippen molar-refractivity contribution in [2.75, 3.05) is 11.9 Å². The van der Waals surface area contributed by atoms with Crippen molar-refractivity contribution in [3.63, 3.8) is 0 Å². The van der Waals surface area contributed by atoms with Crippen LogP contribution in [-0.2, 0) is 24.2 Å². The molecule has 7 nitrogen and oxygen atoms in total. The molecule has 0 fully saturated rings. The highest BCUT2D eigenvalue weighted by Gasteiger charge is 2.19. The highest BCUT2D eigenvalue weighted by molar-refractivity contribution is 7.17. The average molecular weight is 496 g/mol. The van der Waals surface area contributed by atoms with Crippen molar-refractivity contribution in [3.05, 3.63) is 86.2 Å². The molecule has 1 aliphatic carbocycles. The summed E-state index contributed by atoms with van der Waals surface area (Å²) in [5.41, 5.74) is 2.07. The fourth-order valence-corrected chi connectivity index (χ4v) is 5.38. The van der Waals surface area contributed by atoms with Crippen LogP contribution in [0.4, 0.5) is 5.69 Å². The lowest BCUT2D eigenvalue weighted by molar-refractivity contribution is -0.118. The normalized spacial score (nSPS) is 12.9. The third-order valence-corrected chi connectivity index (χ3v) is 7.00. The number of hydrogen-bond donors (Lipinski definition) is 1. The molecule has 9 heteroatoms. The zero-order chi connectivity index (χ0) is 23.5. The first-order valence-corrected chi connectivity index (χ1v) is 12.2. The zero-order valence-corrected chi connectivity index (χ0v) is 19.8. The summed E-state index contributed by atoms with van der Waals surface area (Å²) in [6, 6.07) is 15.6. The van der Waals surface area contributed by atoms with E-state index in [2.05, 4.69) is 10.3 Å². The number of carbonyl (C=O) groups is 1. The Hall–Kier alpha value is -3.36. The van der Waals surface area contributed by atoms with Crippen molar-refractivity contribution in [2.45, 2.75) is 32.3 Å². The van der Waals surface area contributed by atoms with Crippen LogP contribution in [0.15, 0.2) is 59.4 Å². The standard InChI is InChI=1S/C25H22ClN3O4S/c26-17-7-1-4-10-20(17)33-15-23(30)28-18-8-2-5-11-21(18)32-14-16-13-24(31)29-19-9-3-6-12-22(19)34-25(29)27-16/h1-2,4-5,7-8,10-11,13H,3,6,9,12,14-15H2,(H,28,30). The molecule has 0 atom stereocenters. The molecule has 0 spiro atoms.